The lowest BCUT2D eigenvalue weighted by Gasteiger charge is -2.33. The number of nitrogens with zero attached hydrogens (tertiary/aromatic N) is 2. The first-order valence-corrected chi connectivity index (χ1v) is 16.3. The number of aliphatic hydroxyl groups is 1. The Balaban J connectivity index is 1.59. The predicted molar refractivity (Wildman–Crippen MR) is 164 cm³/mol. The number of urea groups is 1. The molecule has 0 unspecified atom stereocenters. The molecule has 12 heteroatoms. The number of fused-ring (bicyclic) bond motifs is 1. The van der Waals surface area contributed by atoms with E-state index in [4.69, 9.17) is 9.47 Å². The van der Waals surface area contributed by atoms with Crippen LogP contribution in [0.1, 0.15) is 51.5 Å². The molecule has 3 atom stereocenters. The Morgan fingerprint density at radius 1 is 1.16 bits per heavy atom. The maximum Gasteiger partial charge on any atom is 0.319 e. The van der Waals surface area contributed by atoms with Crippen LogP contribution in [-0.2, 0) is 21.2 Å². The van der Waals surface area contributed by atoms with Crippen LogP contribution in [-0.4, -0.2) is 86.7 Å². The number of benzene rings is 2. The molecule has 2 aromatic rings. The fraction of sp³-hybridized carbons (Fsp3) is 0.548. The summed E-state index contributed by atoms with van der Waals surface area (Å²) in [7, 11) is -0.835. The van der Waals surface area contributed by atoms with Gasteiger partial charge in [-0.05, 0) is 62.2 Å². The minimum atomic E-state index is -3.85. The van der Waals surface area contributed by atoms with Gasteiger partial charge in [-0.3, -0.25) is 4.79 Å². The van der Waals surface area contributed by atoms with Gasteiger partial charge in [0.2, 0.25) is 15.9 Å². The van der Waals surface area contributed by atoms with Gasteiger partial charge in [0.25, 0.3) is 0 Å². The molecule has 1 aliphatic carbocycles. The van der Waals surface area contributed by atoms with Gasteiger partial charge in [0.1, 0.15) is 17.6 Å². The highest BCUT2D eigenvalue weighted by molar-refractivity contribution is 7.89. The summed E-state index contributed by atoms with van der Waals surface area (Å²) in [6.45, 7) is 3.75. The van der Waals surface area contributed by atoms with Crippen molar-refractivity contribution in [2.24, 2.45) is 5.92 Å². The third-order valence-electron chi connectivity index (χ3n) is 8.32. The number of nitrogens with one attached hydrogen (secondary N) is 2. The van der Waals surface area contributed by atoms with Crippen molar-refractivity contribution in [3.8, 4) is 11.5 Å². The van der Waals surface area contributed by atoms with Crippen LogP contribution in [0, 0.1) is 5.92 Å². The molecule has 0 spiro atoms. The first-order valence-electron chi connectivity index (χ1n) is 14.9. The normalized spacial score (nSPS) is 20.7. The largest absolute Gasteiger partial charge is 0.497 e. The van der Waals surface area contributed by atoms with Gasteiger partial charge < -0.3 is 30.1 Å². The smallest absolute Gasteiger partial charge is 0.319 e. The summed E-state index contributed by atoms with van der Waals surface area (Å²) >= 11 is 0. The first-order chi connectivity index (χ1) is 20.5. The standard InChI is InChI=1S/C31H44N4O7S/c1-21-18-35(22(2)20-36)30(37)17-23-16-25(33-31(38)32-24-8-6-5-7-9-24)10-15-28(23)42-29(21)19-34(3)43(39,40)27-13-11-26(41-4)12-14-27/h10-16,21-22,24,29,36H,5-9,17-20H2,1-4H3,(H2,32,33,38)/t21-,22-,29-/m1/s1. The number of carbonyl (C=O) groups excluding carboxylic acids is 2. The summed E-state index contributed by atoms with van der Waals surface area (Å²) in [5.74, 6) is 0.519. The van der Waals surface area contributed by atoms with Gasteiger partial charge in [-0.25, -0.2) is 13.2 Å². The van der Waals surface area contributed by atoms with E-state index in [-0.39, 0.29) is 54.9 Å². The van der Waals surface area contributed by atoms with Gasteiger partial charge in [0.15, 0.2) is 0 Å². The van der Waals surface area contributed by atoms with Crippen molar-refractivity contribution in [2.75, 3.05) is 39.2 Å². The molecule has 0 radical (unpaired) electrons. The lowest BCUT2D eigenvalue weighted by atomic mass is 9.96. The molecule has 0 bridgehead atoms. The van der Waals surface area contributed by atoms with Crippen LogP contribution in [0.15, 0.2) is 47.4 Å². The third kappa shape index (κ3) is 8.18. The summed E-state index contributed by atoms with van der Waals surface area (Å²) in [6, 6.07) is 10.7. The van der Waals surface area contributed by atoms with Crippen molar-refractivity contribution >= 4 is 27.6 Å². The molecule has 0 saturated heterocycles. The quantitative estimate of drug-likeness (QED) is 0.391. The minimum absolute atomic E-state index is 0.00113. The van der Waals surface area contributed by atoms with Crippen molar-refractivity contribution in [1.82, 2.24) is 14.5 Å². The lowest BCUT2D eigenvalue weighted by Crippen LogP contribution is -2.48. The molecule has 1 aliphatic heterocycles. The van der Waals surface area contributed by atoms with Gasteiger partial charge in [-0.2, -0.15) is 4.31 Å². The molecular formula is C31H44N4O7S. The van der Waals surface area contributed by atoms with Crippen molar-refractivity contribution in [3.05, 3.63) is 48.0 Å². The number of carbonyl (C=O) groups is 2. The summed E-state index contributed by atoms with van der Waals surface area (Å²) in [4.78, 5) is 27.9. The summed E-state index contributed by atoms with van der Waals surface area (Å²) < 4.78 is 39.7. The number of aliphatic hydroxyl groups excluding tert-OH is 1. The maximum absolute atomic E-state index is 13.5. The molecule has 0 aromatic heterocycles. The molecule has 1 saturated carbocycles. The van der Waals surface area contributed by atoms with E-state index in [0.717, 1.165) is 25.7 Å². The minimum Gasteiger partial charge on any atom is -0.497 e. The number of methoxy groups -OCH3 is 1. The zero-order valence-electron chi connectivity index (χ0n) is 25.4. The number of rotatable bonds is 9. The number of ether oxygens (including phenoxy) is 2. The van der Waals surface area contributed by atoms with Crippen LogP contribution < -0.4 is 20.1 Å². The number of likely N-dealkylation sites (N-methyl/N-ethyl adjacent to an activating group) is 1. The highest BCUT2D eigenvalue weighted by Crippen LogP contribution is 2.30. The Kier molecular flexibility index (Phi) is 10.9. The topological polar surface area (TPSA) is 138 Å². The van der Waals surface area contributed by atoms with E-state index < -0.39 is 22.2 Å². The Hall–Kier alpha value is -3.35. The van der Waals surface area contributed by atoms with E-state index in [1.54, 1.807) is 42.2 Å². The van der Waals surface area contributed by atoms with Crippen LogP contribution in [0.3, 0.4) is 0 Å². The second kappa shape index (κ2) is 14.4. The predicted octanol–water partition coefficient (Wildman–Crippen LogP) is 3.62. The molecule has 1 heterocycles. The van der Waals surface area contributed by atoms with Crippen LogP contribution in [0.2, 0.25) is 0 Å². The average molecular weight is 617 g/mol. The monoisotopic (exact) mass is 616 g/mol. The van der Waals surface area contributed by atoms with Crippen molar-refractivity contribution < 1.29 is 32.6 Å². The number of sulfonamides is 1. The number of hydrogen-bond donors (Lipinski definition) is 3. The zero-order valence-corrected chi connectivity index (χ0v) is 26.2. The van der Waals surface area contributed by atoms with Gasteiger partial charge >= 0.3 is 6.03 Å². The lowest BCUT2D eigenvalue weighted by molar-refractivity contribution is -0.134. The van der Waals surface area contributed by atoms with Crippen molar-refractivity contribution in [2.45, 2.75) is 75.5 Å². The summed E-state index contributed by atoms with van der Waals surface area (Å²) in [6.07, 6.45) is 4.68. The van der Waals surface area contributed by atoms with Gasteiger partial charge in [0, 0.05) is 36.8 Å². The molecule has 4 rings (SSSR count). The molecular weight excluding hydrogens is 572 g/mol. The van der Waals surface area contributed by atoms with Gasteiger partial charge in [-0.1, -0.05) is 26.2 Å². The second-order valence-electron chi connectivity index (χ2n) is 11.6. The highest BCUT2D eigenvalue weighted by Gasteiger charge is 2.33. The molecule has 3 amide bonds. The Labute approximate surface area is 254 Å². The Bertz CT molecular complexity index is 1360. The van der Waals surface area contributed by atoms with Crippen LogP contribution in [0.4, 0.5) is 10.5 Å². The number of amides is 3. The molecule has 1 fully saturated rings. The maximum atomic E-state index is 13.5. The van der Waals surface area contributed by atoms with Crippen molar-refractivity contribution in [1.29, 1.82) is 0 Å². The molecule has 43 heavy (non-hydrogen) atoms. The number of hydrogen-bond acceptors (Lipinski definition) is 7. The molecule has 2 aromatic carbocycles. The van der Waals surface area contributed by atoms with E-state index in [1.165, 1.54) is 37.0 Å². The molecule has 3 N–H and O–H groups in total. The van der Waals surface area contributed by atoms with Crippen LogP contribution in [0.25, 0.3) is 0 Å². The molecule has 11 nitrogen and oxygen atoms in total. The fourth-order valence-electron chi connectivity index (χ4n) is 5.60. The van der Waals surface area contributed by atoms with E-state index >= 15 is 0 Å². The zero-order chi connectivity index (χ0) is 31.1. The first kappa shape index (κ1) is 32.6. The summed E-state index contributed by atoms with van der Waals surface area (Å²) in [5.41, 5.74) is 1.09. The van der Waals surface area contributed by atoms with Crippen molar-refractivity contribution in [3.63, 3.8) is 0 Å². The second-order valence-corrected chi connectivity index (χ2v) is 13.6. The SMILES string of the molecule is COc1ccc(S(=O)(=O)N(C)C[C@H]2Oc3ccc(NC(=O)NC4CCCCC4)cc3CC(=O)N([C@H](C)CO)C[C@H]2C)cc1. The van der Waals surface area contributed by atoms with Crippen LogP contribution in [0.5, 0.6) is 11.5 Å². The average Bonchev–Trinajstić information content (AvgIpc) is 3.04. The Morgan fingerprint density at radius 2 is 1.86 bits per heavy atom. The van der Waals surface area contributed by atoms with Crippen LogP contribution >= 0.6 is 0 Å². The van der Waals surface area contributed by atoms with Gasteiger partial charge in [0.05, 0.1) is 37.6 Å². The van der Waals surface area contributed by atoms with E-state index in [0.29, 0.717) is 22.7 Å². The molecule has 2 aliphatic rings. The molecule has 236 valence electrons. The highest BCUT2D eigenvalue weighted by atomic mass is 32.2. The van der Waals surface area contributed by atoms with Gasteiger partial charge in [-0.15, -0.1) is 0 Å². The summed E-state index contributed by atoms with van der Waals surface area (Å²) in [5, 5.41) is 15.8. The van der Waals surface area contributed by atoms with E-state index in [2.05, 4.69) is 10.6 Å². The Morgan fingerprint density at radius 3 is 2.51 bits per heavy atom. The fourth-order valence-corrected chi connectivity index (χ4v) is 6.79. The van der Waals surface area contributed by atoms with E-state index in [1.807, 2.05) is 6.92 Å². The van der Waals surface area contributed by atoms with E-state index in [9.17, 15) is 23.1 Å². The third-order valence-corrected chi connectivity index (χ3v) is 10.2. The number of anilines is 1.